The number of nitrogens with zero attached hydrogens (tertiary/aromatic N) is 1. The highest BCUT2D eigenvalue weighted by molar-refractivity contribution is 4.63. The number of ether oxygens (including phenoxy) is 1. The van der Waals surface area contributed by atoms with Gasteiger partial charge in [-0.2, -0.15) is 0 Å². The maximum atomic E-state index is 8.96. The van der Waals surface area contributed by atoms with E-state index in [0.717, 1.165) is 6.42 Å². The average molecular weight is 175 g/mol. The molecule has 3 nitrogen and oxygen atoms in total. The molecule has 2 unspecified atom stereocenters. The summed E-state index contributed by atoms with van der Waals surface area (Å²) < 4.78 is 5.50. The fraction of sp³-hybridized carbons (Fsp3) is 1.00. The number of aliphatic hydroxyl groups is 1. The molecule has 0 saturated heterocycles. The first-order valence-electron chi connectivity index (χ1n) is 4.50. The molecule has 12 heavy (non-hydrogen) atoms. The summed E-state index contributed by atoms with van der Waals surface area (Å²) in [5.41, 5.74) is 0. The lowest BCUT2D eigenvalue weighted by molar-refractivity contribution is 0.0105. The van der Waals surface area contributed by atoms with Crippen molar-refractivity contribution in [2.45, 2.75) is 32.4 Å². The molecule has 0 aliphatic carbocycles. The first-order chi connectivity index (χ1) is 5.61. The van der Waals surface area contributed by atoms with E-state index in [0.29, 0.717) is 12.7 Å². The van der Waals surface area contributed by atoms with Gasteiger partial charge >= 0.3 is 0 Å². The van der Waals surface area contributed by atoms with E-state index in [2.05, 4.69) is 6.92 Å². The Morgan fingerprint density at radius 3 is 2.33 bits per heavy atom. The summed E-state index contributed by atoms with van der Waals surface area (Å²) in [4.78, 5) is 1.97. The predicted octanol–water partition coefficient (Wildman–Crippen LogP) is 0.724. The van der Waals surface area contributed by atoms with Crippen molar-refractivity contribution in [3.63, 3.8) is 0 Å². The van der Waals surface area contributed by atoms with Gasteiger partial charge in [0.1, 0.15) is 0 Å². The van der Waals surface area contributed by atoms with Crippen LogP contribution in [0.15, 0.2) is 0 Å². The third-order valence-electron chi connectivity index (χ3n) is 2.09. The number of hydrogen-bond acceptors (Lipinski definition) is 3. The molecule has 0 aliphatic heterocycles. The van der Waals surface area contributed by atoms with Crippen molar-refractivity contribution < 1.29 is 9.84 Å². The van der Waals surface area contributed by atoms with Crippen LogP contribution in [0.25, 0.3) is 0 Å². The van der Waals surface area contributed by atoms with Crippen molar-refractivity contribution >= 4 is 0 Å². The number of rotatable bonds is 6. The zero-order valence-corrected chi connectivity index (χ0v) is 8.58. The maximum absolute atomic E-state index is 8.96. The molecule has 3 heteroatoms. The van der Waals surface area contributed by atoms with Crippen LogP contribution in [0.5, 0.6) is 0 Å². The van der Waals surface area contributed by atoms with E-state index in [-0.39, 0.29) is 12.6 Å². The van der Waals surface area contributed by atoms with Gasteiger partial charge in [0, 0.05) is 0 Å². The van der Waals surface area contributed by atoms with Crippen LogP contribution in [0.2, 0.25) is 0 Å². The van der Waals surface area contributed by atoms with Gasteiger partial charge in [-0.3, -0.25) is 0 Å². The average Bonchev–Trinajstić information content (AvgIpc) is 2.04. The Labute approximate surface area is 75.3 Å². The lowest BCUT2D eigenvalue weighted by Crippen LogP contribution is -2.36. The molecule has 0 aromatic heterocycles. The molecular formula is C9H21NO2. The van der Waals surface area contributed by atoms with E-state index in [1.54, 1.807) is 0 Å². The van der Waals surface area contributed by atoms with Gasteiger partial charge in [0.25, 0.3) is 0 Å². The van der Waals surface area contributed by atoms with Crippen molar-refractivity contribution in [1.29, 1.82) is 0 Å². The summed E-state index contributed by atoms with van der Waals surface area (Å²) in [6.45, 7) is 4.90. The Bertz CT molecular complexity index is 107. The molecule has 0 spiro atoms. The molecule has 74 valence electrons. The van der Waals surface area contributed by atoms with E-state index in [1.165, 1.54) is 0 Å². The molecule has 0 bridgehead atoms. The van der Waals surface area contributed by atoms with Crippen LogP contribution in [0, 0.1) is 0 Å². The largest absolute Gasteiger partial charge is 0.395 e. The molecule has 0 saturated carbocycles. The Morgan fingerprint density at radius 1 is 1.42 bits per heavy atom. The van der Waals surface area contributed by atoms with Gasteiger partial charge in [0.2, 0.25) is 0 Å². The highest BCUT2D eigenvalue weighted by Crippen LogP contribution is 1.99. The first-order valence-corrected chi connectivity index (χ1v) is 4.50. The first kappa shape index (κ1) is 11.9. The SMILES string of the molecule is CCC(C)OCC(CO)N(C)C. The van der Waals surface area contributed by atoms with Gasteiger partial charge in [-0.05, 0) is 27.4 Å². The van der Waals surface area contributed by atoms with Crippen molar-refractivity contribution in [3.05, 3.63) is 0 Å². The van der Waals surface area contributed by atoms with Crippen LogP contribution in [0.1, 0.15) is 20.3 Å². The van der Waals surface area contributed by atoms with E-state index >= 15 is 0 Å². The van der Waals surface area contributed by atoms with E-state index < -0.39 is 0 Å². The van der Waals surface area contributed by atoms with E-state index in [1.807, 2.05) is 25.9 Å². The molecule has 0 heterocycles. The number of likely N-dealkylation sites (N-methyl/N-ethyl adjacent to an activating group) is 1. The summed E-state index contributed by atoms with van der Waals surface area (Å²) in [5, 5.41) is 8.96. The van der Waals surface area contributed by atoms with Crippen LogP contribution in [-0.2, 0) is 4.74 Å². The molecule has 0 rings (SSSR count). The standard InChI is InChI=1S/C9H21NO2/c1-5-8(2)12-7-9(6-11)10(3)4/h8-9,11H,5-7H2,1-4H3. The molecule has 0 aromatic carbocycles. The Balaban J connectivity index is 3.58. The van der Waals surface area contributed by atoms with Crippen LogP contribution in [0.3, 0.4) is 0 Å². The second-order valence-corrected chi connectivity index (χ2v) is 3.35. The molecule has 0 radical (unpaired) electrons. The van der Waals surface area contributed by atoms with Gasteiger partial charge in [-0.25, -0.2) is 0 Å². The molecule has 1 N–H and O–H groups in total. The summed E-state index contributed by atoms with van der Waals surface area (Å²) in [6.07, 6.45) is 1.31. The van der Waals surface area contributed by atoms with E-state index in [9.17, 15) is 0 Å². The second-order valence-electron chi connectivity index (χ2n) is 3.35. The molecule has 2 atom stereocenters. The third kappa shape index (κ3) is 4.70. The Kier molecular flexibility index (Phi) is 6.34. The monoisotopic (exact) mass is 175 g/mol. The summed E-state index contributed by atoms with van der Waals surface area (Å²) in [6, 6.07) is 0.124. The molecule has 0 amide bonds. The number of aliphatic hydroxyl groups excluding tert-OH is 1. The Hall–Kier alpha value is -0.120. The van der Waals surface area contributed by atoms with Crippen molar-refractivity contribution in [3.8, 4) is 0 Å². The zero-order chi connectivity index (χ0) is 9.56. The zero-order valence-electron chi connectivity index (χ0n) is 8.58. The van der Waals surface area contributed by atoms with Gasteiger partial charge in [0.05, 0.1) is 25.4 Å². The van der Waals surface area contributed by atoms with Gasteiger partial charge in [-0.1, -0.05) is 6.92 Å². The molecular weight excluding hydrogens is 154 g/mol. The number of hydrogen-bond donors (Lipinski definition) is 1. The Morgan fingerprint density at radius 2 is 2.00 bits per heavy atom. The summed E-state index contributed by atoms with van der Waals surface area (Å²) >= 11 is 0. The normalized spacial score (nSPS) is 16.5. The lowest BCUT2D eigenvalue weighted by atomic mass is 10.3. The summed E-state index contributed by atoms with van der Waals surface area (Å²) in [7, 11) is 3.89. The van der Waals surface area contributed by atoms with Gasteiger partial charge in [-0.15, -0.1) is 0 Å². The minimum Gasteiger partial charge on any atom is -0.395 e. The van der Waals surface area contributed by atoms with Crippen LogP contribution in [0.4, 0.5) is 0 Å². The highest BCUT2D eigenvalue weighted by atomic mass is 16.5. The fourth-order valence-electron chi connectivity index (χ4n) is 0.758. The van der Waals surface area contributed by atoms with Crippen molar-refractivity contribution in [1.82, 2.24) is 4.90 Å². The van der Waals surface area contributed by atoms with Gasteiger partial charge < -0.3 is 14.7 Å². The quantitative estimate of drug-likeness (QED) is 0.646. The molecule has 0 fully saturated rings. The van der Waals surface area contributed by atoms with Gasteiger partial charge in [0.15, 0.2) is 0 Å². The van der Waals surface area contributed by atoms with Crippen LogP contribution < -0.4 is 0 Å². The van der Waals surface area contributed by atoms with Crippen molar-refractivity contribution in [2.24, 2.45) is 0 Å². The minimum atomic E-state index is 0.124. The minimum absolute atomic E-state index is 0.124. The molecule has 0 aliphatic rings. The van der Waals surface area contributed by atoms with E-state index in [4.69, 9.17) is 9.84 Å². The predicted molar refractivity (Wildman–Crippen MR) is 50.3 cm³/mol. The topological polar surface area (TPSA) is 32.7 Å². The summed E-state index contributed by atoms with van der Waals surface area (Å²) in [5.74, 6) is 0. The van der Waals surface area contributed by atoms with Crippen LogP contribution >= 0.6 is 0 Å². The van der Waals surface area contributed by atoms with Crippen LogP contribution in [-0.4, -0.2) is 49.5 Å². The highest BCUT2D eigenvalue weighted by Gasteiger charge is 2.10. The third-order valence-corrected chi connectivity index (χ3v) is 2.09. The molecule has 0 aromatic rings. The van der Waals surface area contributed by atoms with Crippen molar-refractivity contribution in [2.75, 3.05) is 27.3 Å². The smallest absolute Gasteiger partial charge is 0.0647 e. The lowest BCUT2D eigenvalue weighted by Gasteiger charge is -2.23. The fourth-order valence-corrected chi connectivity index (χ4v) is 0.758. The second kappa shape index (κ2) is 6.40. The maximum Gasteiger partial charge on any atom is 0.0647 e.